The van der Waals surface area contributed by atoms with Gasteiger partial charge in [-0.15, -0.1) is 4.83 Å². The number of rotatable bonds is 6. The van der Waals surface area contributed by atoms with E-state index in [4.69, 9.17) is 0 Å². The Morgan fingerprint density at radius 2 is 1.50 bits per heavy atom. The minimum atomic E-state index is -3.84. The second-order valence-corrected chi connectivity index (χ2v) is 8.46. The van der Waals surface area contributed by atoms with Crippen LogP contribution in [0.2, 0.25) is 0 Å². The van der Waals surface area contributed by atoms with E-state index in [0.29, 0.717) is 5.69 Å². The first-order valence-corrected chi connectivity index (χ1v) is 10.7. The molecule has 2 aromatic rings. The maximum atomic E-state index is 12.3. The van der Waals surface area contributed by atoms with Crippen LogP contribution in [0.4, 0.5) is 5.69 Å². The van der Waals surface area contributed by atoms with Crippen LogP contribution >= 0.6 is 0 Å². The van der Waals surface area contributed by atoms with Crippen LogP contribution in [-0.4, -0.2) is 20.2 Å². The maximum Gasteiger partial charge on any atom is 0.266 e. The number of amides is 2. The lowest BCUT2D eigenvalue weighted by molar-refractivity contribution is -0.120. The van der Waals surface area contributed by atoms with Crippen LogP contribution in [0.25, 0.3) is 0 Å². The molecule has 1 aliphatic rings. The molecular weight excluding hydrogens is 378 g/mol. The molecule has 0 aliphatic heterocycles. The summed E-state index contributed by atoms with van der Waals surface area (Å²) in [7, 11) is -3.84. The number of hydrogen-bond donors (Lipinski definition) is 3. The Labute approximate surface area is 164 Å². The van der Waals surface area contributed by atoms with E-state index in [1.54, 1.807) is 30.3 Å². The highest BCUT2D eigenvalue weighted by atomic mass is 32.2. The smallest absolute Gasteiger partial charge is 0.266 e. The lowest BCUT2D eigenvalue weighted by Crippen LogP contribution is -2.41. The van der Waals surface area contributed by atoms with Gasteiger partial charge in [0.2, 0.25) is 5.91 Å². The molecule has 2 aromatic carbocycles. The van der Waals surface area contributed by atoms with Gasteiger partial charge in [0.05, 0.1) is 4.90 Å². The number of hydrazine groups is 1. The van der Waals surface area contributed by atoms with Gasteiger partial charge in [0.15, 0.2) is 0 Å². The van der Waals surface area contributed by atoms with Gasteiger partial charge in [-0.2, -0.15) is 0 Å². The summed E-state index contributed by atoms with van der Waals surface area (Å²) in [6, 6.07) is 14.1. The van der Waals surface area contributed by atoms with Crippen LogP contribution in [0.15, 0.2) is 59.5 Å². The fourth-order valence-corrected chi connectivity index (χ4v) is 4.02. The van der Waals surface area contributed by atoms with E-state index in [1.807, 2.05) is 0 Å². The third-order valence-electron chi connectivity index (χ3n) is 4.74. The molecule has 1 saturated carbocycles. The third-order valence-corrected chi connectivity index (χ3v) is 6.01. The minimum absolute atomic E-state index is 0.00697. The molecule has 148 valence electrons. The van der Waals surface area contributed by atoms with Crippen LogP contribution in [0, 0.1) is 5.92 Å². The third kappa shape index (κ3) is 5.17. The van der Waals surface area contributed by atoms with Gasteiger partial charge in [-0.1, -0.05) is 37.5 Å². The van der Waals surface area contributed by atoms with E-state index >= 15 is 0 Å². The van der Waals surface area contributed by atoms with Crippen LogP contribution in [0.3, 0.4) is 0 Å². The number of anilines is 1. The number of carbonyl (C=O) groups is 2. The molecule has 0 atom stereocenters. The largest absolute Gasteiger partial charge is 0.326 e. The molecule has 1 aliphatic carbocycles. The van der Waals surface area contributed by atoms with E-state index in [0.717, 1.165) is 25.7 Å². The van der Waals surface area contributed by atoms with Crippen molar-refractivity contribution in [3.63, 3.8) is 0 Å². The van der Waals surface area contributed by atoms with Crippen molar-refractivity contribution in [2.75, 3.05) is 5.32 Å². The van der Waals surface area contributed by atoms with Gasteiger partial charge in [-0.3, -0.25) is 15.0 Å². The Hall–Kier alpha value is -2.71. The number of carbonyl (C=O) groups excluding carboxylic acids is 2. The van der Waals surface area contributed by atoms with Gasteiger partial charge in [-0.25, -0.2) is 8.42 Å². The van der Waals surface area contributed by atoms with Crippen LogP contribution < -0.4 is 15.6 Å². The zero-order chi connectivity index (χ0) is 20.0. The quantitative estimate of drug-likeness (QED) is 0.648. The number of sulfonamides is 1. The van der Waals surface area contributed by atoms with Crippen molar-refractivity contribution >= 4 is 27.5 Å². The van der Waals surface area contributed by atoms with E-state index < -0.39 is 15.9 Å². The van der Waals surface area contributed by atoms with Crippen molar-refractivity contribution in [1.82, 2.24) is 10.3 Å². The topological polar surface area (TPSA) is 104 Å². The molecular formula is C20H23N3O4S. The Morgan fingerprint density at radius 3 is 2.14 bits per heavy atom. The molecule has 8 heteroatoms. The van der Waals surface area contributed by atoms with Gasteiger partial charge < -0.3 is 5.32 Å². The summed E-state index contributed by atoms with van der Waals surface area (Å²) in [4.78, 5) is 26.6. The molecule has 28 heavy (non-hydrogen) atoms. The number of hydrogen-bond acceptors (Lipinski definition) is 4. The van der Waals surface area contributed by atoms with Crippen LogP contribution in [0.1, 0.15) is 42.5 Å². The average molecular weight is 401 g/mol. The minimum Gasteiger partial charge on any atom is -0.326 e. The summed E-state index contributed by atoms with van der Waals surface area (Å²) in [5.74, 6) is -0.540. The molecule has 3 N–H and O–H groups in total. The summed E-state index contributed by atoms with van der Waals surface area (Å²) in [6.45, 7) is 0. The highest BCUT2D eigenvalue weighted by Crippen LogP contribution is 2.25. The second kappa shape index (κ2) is 8.99. The summed E-state index contributed by atoms with van der Waals surface area (Å²) in [6.07, 6.45) is 5.16. The van der Waals surface area contributed by atoms with E-state index in [1.165, 1.54) is 30.7 Å². The lowest BCUT2D eigenvalue weighted by atomic mass is 9.88. The molecule has 0 radical (unpaired) electrons. The van der Waals surface area contributed by atoms with E-state index in [9.17, 15) is 18.0 Å². The molecule has 1 fully saturated rings. The summed E-state index contributed by atoms with van der Waals surface area (Å²) < 4.78 is 24.2. The second-order valence-electron chi connectivity index (χ2n) is 6.77. The van der Waals surface area contributed by atoms with Crippen molar-refractivity contribution in [2.45, 2.75) is 37.0 Å². The van der Waals surface area contributed by atoms with Gasteiger partial charge >= 0.3 is 0 Å². The average Bonchev–Trinajstić information content (AvgIpc) is 2.74. The molecule has 0 spiro atoms. The molecule has 0 heterocycles. The molecule has 3 rings (SSSR count). The first kappa shape index (κ1) is 20.0. The molecule has 0 aromatic heterocycles. The summed E-state index contributed by atoms with van der Waals surface area (Å²) in [5, 5.41) is 2.87. The maximum absolute atomic E-state index is 12.3. The molecule has 0 saturated heterocycles. The standard InChI is InChI=1S/C20H23N3O4S/c24-19(15-7-3-1-4-8-15)21-17-13-11-16(12-14-17)20(25)22-23-28(26,27)18-9-5-2-6-10-18/h2,5-6,9-15,23H,1,3-4,7-8H2,(H,21,24)(H,22,25). The number of benzene rings is 2. The predicted octanol–water partition coefficient (Wildman–Crippen LogP) is 2.83. The zero-order valence-electron chi connectivity index (χ0n) is 15.4. The Kier molecular flexibility index (Phi) is 6.43. The zero-order valence-corrected chi connectivity index (χ0v) is 16.2. The van der Waals surface area contributed by atoms with E-state index in [2.05, 4.69) is 15.6 Å². The first-order valence-electron chi connectivity index (χ1n) is 9.24. The first-order chi connectivity index (χ1) is 13.5. The fraction of sp³-hybridized carbons (Fsp3) is 0.300. The fourth-order valence-electron chi connectivity index (χ4n) is 3.16. The highest BCUT2D eigenvalue weighted by Gasteiger charge is 2.21. The van der Waals surface area contributed by atoms with Crippen molar-refractivity contribution in [2.24, 2.45) is 5.92 Å². The van der Waals surface area contributed by atoms with Crippen molar-refractivity contribution in [1.29, 1.82) is 0 Å². The monoisotopic (exact) mass is 401 g/mol. The normalized spacial score (nSPS) is 15.0. The summed E-state index contributed by atoms with van der Waals surface area (Å²) in [5.41, 5.74) is 3.06. The van der Waals surface area contributed by atoms with Gasteiger partial charge in [0, 0.05) is 17.2 Å². The van der Waals surface area contributed by atoms with Crippen LogP contribution in [-0.2, 0) is 14.8 Å². The van der Waals surface area contributed by atoms with E-state index in [-0.39, 0.29) is 22.3 Å². The predicted molar refractivity (Wildman–Crippen MR) is 106 cm³/mol. The van der Waals surface area contributed by atoms with Crippen molar-refractivity contribution in [3.8, 4) is 0 Å². The van der Waals surface area contributed by atoms with Crippen LogP contribution in [0.5, 0.6) is 0 Å². The lowest BCUT2D eigenvalue weighted by Gasteiger charge is -2.20. The van der Waals surface area contributed by atoms with Gasteiger partial charge in [-0.05, 0) is 49.2 Å². The highest BCUT2D eigenvalue weighted by molar-refractivity contribution is 7.89. The Morgan fingerprint density at radius 1 is 0.857 bits per heavy atom. The van der Waals surface area contributed by atoms with Crippen molar-refractivity contribution < 1.29 is 18.0 Å². The van der Waals surface area contributed by atoms with Gasteiger partial charge in [0.1, 0.15) is 0 Å². The molecule has 0 bridgehead atoms. The summed E-state index contributed by atoms with van der Waals surface area (Å²) >= 11 is 0. The molecule has 0 unspecified atom stereocenters. The van der Waals surface area contributed by atoms with Gasteiger partial charge in [0.25, 0.3) is 15.9 Å². The molecule has 2 amide bonds. The molecule has 7 nitrogen and oxygen atoms in total. The SMILES string of the molecule is O=C(NNS(=O)(=O)c1ccccc1)c1ccc(NC(=O)C2CCCCC2)cc1. The Balaban J connectivity index is 1.55. The Bertz CT molecular complexity index is 922. The number of nitrogens with one attached hydrogen (secondary N) is 3. The van der Waals surface area contributed by atoms with Crippen molar-refractivity contribution in [3.05, 3.63) is 60.2 Å².